The maximum Gasteiger partial charge on any atom is 0.410 e. The normalized spacial score (nSPS) is 25.2. The zero-order chi connectivity index (χ0) is 17.3. The Bertz CT molecular complexity index is 599. The van der Waals surface area contributed by atoms with Crippen LogP contribution in [-0.2, 0) is 9.47 Å². The lowest BCUT2D eigenvalue weighted by Gasteiger charge is -2.46. The molecular formula is C18H27N3O3. The number of benzene rings is 1. The third-order valence-corrected chi connectivity index (χ3v) is 4.43. The van der Waals surface area contributed by atoms with Crippen LogP contribution >= 0.6 is 0 Å². The minimum atomic E-state index is -0.463. The van der Waals surface area contributed by atoms with E-state index < -0.39 is 5.60 Å². The lowest BCUT2D eigenvalue weighted by molar-refractivity contribution is -0.0906. The number of fused-ring (bicyclic) bond motifs is 1. The van der Waals surface area contributed by atoms with Gasteiger partial charge in [0.1, 0.15) is 5.60 Å². The molecule has 0 bridgehead atoms. The fourth-order valence-corrected chi connectivity index (χ4v) is 3.24. The third-order valence-electron chi connectivity index (χ3n) is 4.43. The summed E-state index contributed by atoms with van der Waals surface area (Å²) in [5.41, 5.74) is 7.28. The first kappa shape index (κ1) is 17.0. The number of morpholine rings is 1. The lowest BCUT2D eigenvalue weighted by Crippen LogP contribution is -2.59. The summed E-state index contributed by atoms with van der Waals surface area (Å²) in [6.45, 7) is 9.29. The van der Waals surface area contributed by atoms with Gasteiger partial charge in [0.05, 0.1) is 18.8 Å². The maximum absolute atomic E-state index is 12.2. The van der Waals surface area contributed by atoms with Crippen molar-refractivity contribution in [2.24, 2.45) is 0 Å². The van der Waals surface area contributed by atoms with E-state index in [1.807, 2.05) is 39.0 Å². The number of carbonyl (C=O) groups excluding carboxylic acids is 1. The van der Waals surface area contributed by atoms with E-state index >= 15 is 0 Å². The monoisotopic (exact) mass is 333 g/mol. The molecule has 3 rings (SSSR count). The standard InChI is InChI=1S/C18H27N3O3/c1-18(2,3)24-17(22)21-8-7-20-11-16(23-12-15(20)10-21)13-5-4-6-14(19)9-13/h4-6,9,15-16H,7-8,10-12,19H2,1-3H3/t15-,16?/m0/s1. The van der Waals surface area contributed by atoms with Crippen molar-refractivity contribution in [2.45, 2.75) is 38.5 Å². The van der Waals surface area contributed by atoms with Crippen LogP contribution in [0.5, 0.6) is 0 Å². The Kier molecular flexibility index (Phi) is 4.69. The molecule has 2 fully saturated rings. The molecule has 2 aliphatic rings. The van der Waals surface area contributed by atoms with Crippen molar-refractivity contribution in [2.75, 3.05) is 38.5 Å². The van der Waals surface area contributed by atoms with Gasteiger partial charge in [0, 0.05) is 31.9 Å². The number of rotatable bonds is 1. The Hall–Kier alpha value is -1.79. The molecule has 2 heterocycles. The minimum absolute atomic E-state index is 0.0397. The van der Waals surface area contributed by atoms with Gasteiger partial charge in [0.15, 0.2) is 0 Å². The first-order valence-electron chi connectivity index (χ1n) is 8.51. The van der Waals surface area contributed by atoms with Crippen molar-refractivity contribution in [3.05, 3.63) is 29.8 Å². The Morgan fingerprint density at radius 1 is 1.29 bits per heavy atom. The molecule has 2 saturated heterocycles. The number of nitrogens with two attached hydrogens (primary N) is 1. The van der Waals surface area contributed by atoms with Crippen molar-refractivity contribution >= 4 is 11.8 Å². The van der Waals surface area contributed by atoms with Gasteiger partial charge in [-0.2, -0.15) is 0 Å². The summed E-state index contributed by atoms with van der Waals surface area (Å²) in [5.74, 6) is 0. The Labute approximate surface area is 143 Å². The van der Waals surface area contributed by atoms with Gasteiger partial charge in [0.2, 0.25) is 0 Å². The molecule has 2 atom stereocenters. The number of ether oxygens (including phenoxy) is 2. The van der Waals surface area contributed by atoms with Crippen LogP contribution in [0.1, 0.15) is 32.4 Å². The quantitative estimate of drug-likeness (QED) is 0.799. The van der Waals surface area contributed by atoms with E-state index in [0.29, 0.717) is 19.7 Å². The molecule has 0 aromatic heterocycles. The molecule has 1 unspecified atom stereocenters. The smallest absolute Gasteiger partial charge is 0.410 e. The lowest BCUT2D eigenvalue weighted by atomic mass is 10.0. The molecule has 1 amide bonds. The Morgan fingerprint density at radius 2 is 2.08 bits per heavy atom. The van der Waals surface area contributed by atoms with Crippen LogP contribution in [0.15, 0.2) is 24.3 Å². The summed E-state index contributed by atoms with van der Waals surface area (Å²) in [4.78, 5) is 16.4. The van der Waals surface area contributed by atoms with Crippen LogP contribution in [0.3, 0.4) is 0 Å². The van der Waals surface area contributed by atoms with Gasteiger partial charge < -0.3 is 20.1 Å². The van der Waals surface area contributed by atoms with E-state index in [0.717, 1.165) is 24.3 Å². The molecule has 2 N–H and O–H groups in total. The second-order valence-corrected chi connectivity index (χ2v) is 7.57. The van der Waals surface area contributed by atoms with Crippen LogP contribution < -0.4 is 5.73 Å². The van der Waals surface area contributed by atoms with Crippen molar-refractivity contribution < 1.29 is 14.3 Å². The zero-order valence-electron chi connectivity index (χ0n) is 14.7. The van der Waals surface area contributed by atoms with Gasteiger partial charge in [-0.15, -0.1) is 0 Å². The largest absolute Gasteiger partial charge is 0.444 e. The fraction of sp³-hybridized carbons (Fsp3) is 0.611. The summed E-state index contributed by atoms with van der Waals surface area (Å²) >= 11 is 0. The highest BCUT2D eigenvalue weighted by Gasteiger charge is 2.36. The summed E-state index contributed by atoms with van der Waals surface area (Å²) in [7, 11) is 0. The second-order valence-electron chi connectivity index (χ2n) is 7.57. The Balaban J connectivity index is 1.59. The molecule has 1 aromatic rings. The topological polar surface area (TPSA) is 68.0 Å². The van der Waals surface area contributed by atoms with Crippen LogP contribution in [0.2, 0.25) is 0 Å². The SMILES string of the molecule is CC(C)(C)OC(=O)N1CCN2CC(c3cccc(N)c3)OC[C@@H]2C1. The van der Waals surface area contributed by atoms with E-state index in [4.69, 9.17) is 15.2 Å². The fourth-order valence-electron chi connectivity index (χ4n) is 3.24. The average molecular weight is 333 g/mol. The molecule has 0 spiro atoms. The van der Waals surface area contributed by atoms with Gasteiger partial charge >= 0.3 is 6.09 Å². The van der Waals surface area contributed by atoms with Gasteiger partial charge in [-0.25, -0.2) is 4.79 Å². The van der Waals surface area contributed by atoms with Crippen molar-refractivity contribution in [1.82, 2.24) is 9.80 Å². The highest BCUT2D eigenvalue weighted by Crippen LogP contribution is 2.28. The number of piperazine rings is 1. The van der Waals surface area contributed by atoms with Gasteiger partial charge in [-0.3, -0.25) is 4.90 Å². The molecule has 0 radical (unpaired) electrons. The molecule has 6 nitrogen and oxygen atoms in total. The molecule has 6 heteroatoms. The summed E-state index contributed by atoms with van der Waals surface area (Å²) < 4.78 is 11.5. The van der Waals surface area contributed by atoms with Crippen molar-refractivity contribution in [1.29, 1.82) is 0 Å². The number of hydrogen-bond acceptors (Lipinski definition) is 5. The van der Waals surface area contributed by atoms with Crippen LogP contribution in [0.4, 0.5) is 10.5 Å². The molecule has 132 valence electrons. The number of anilines is 1. The second kappa shape index (κ2) is 6.61. The number of nitrogen functional groups attached to an aromatic ring is 1. The van der Waals surface area contributed by atoms with Crippen LogP contribution in [-0.4, -0.2) is 60.3 Å². The minimum Gasteiger partial charge on any atom is -0.444 e. The van der Waals surface area contributed by atoms with Gasteiger partial charge in [0.25, 0.3) is 0 Å². The number of nitrogens with zero attached hydrogens (tertiary/aromatic N) is 2. The van der Waals surface area contributed by atoms with E-state index in [1.54, 1.807) is 4.90 Å². The first-order valence-corrected chi connectivity index (χ1v) is 8.51. The number of hydrogen-bond donors (Lipinski definition) is 1. The van der Waals surface area contributed by atoms with Crippen molar-refractivity contribution in [3.63, 3.8) is 0 Å². The van der Waals surface area contributed by atoms with Crippen molar-refractivity contribution in [3.8, 4) is 0 Å². The molecule has 24 heavy (non-hydrogen) atoms. The zero-order valence-corrected chi connectivity index (χ0v) is 14.7. The van der Waals surface area contributed by atoms with E-state index in [1.165, 1.54) is 0 Å². The molecular weight excluding hydrogens is 306 g/mol. The van der Waals surface area contributed by atoms with Crippen LogP contribution in [0, 0.1) is 0 Å². The van der Waals surface area contributed by atoms with E-state index in [2.05, 4.69) is 11.0 Å². The average Bonchev–Trinajstić information content (AvgIpc) is 2.52. The van der Waals surface area contributed by atoms with E-state index in [9.17, 15) is 4.79 Å². The van der Waals surface area contributed by atoms with E-state index in [-0.39, 0.29) is 18.2 Å². The third kappa shape index (κ3) is 3.99. The highest BCUT2D eigenvalue weighted by atomic mass is 16.6. The Morgan fingerprint density at radius 3 is 2.79 bits per heavy atom. The predicted octanol–water partition coefficient (Wildman–Crippen LogP) is 2.26. The summed E-state index contributed by atoms with van der Waals surface area (Å²) in [6, 6.07) is 8.10. The molecule has 2 aliphatic heterocycles. The first-order chi connectivity index (χ1) is 11.3. The predicted molar refractivity (Wildman–Crippen MR) is 92.7 cm³/mol. The number of carbonyl (C=O) groups is 1. The number of amides is 1. The molecule has 1 aromatic carbocycles. The van der Waals surface area contributed by atoms with Gasteiger partial charge in [-0.1, -0.05) is 12.1 Å². The summed E-state index contributed by atoms with van der Waals surface area (Å²) in [6.07, 6.45) is -0.196. The highest BCUT2D eigenvalue weighted by molar-refractivity contribution is 5.68. The van der Waals surface area contributed by atoms with Crippen LogP contribution in [0.25, 0.3) is 0 Å². The summed E-state index contributed by atoms with van der Waals surface area (Å²) in [5, 5.41) is 0. The molecule has 0 aliphatic carbocycles. The maximum atomic E-state index is 12.2. The van der Waals surface area contributed by atoms with Gasteiger partial charge in [-0.05, 0) is 38.5 Å². The molecule has 0 saturated carbocycles.